The van der Waals surface area contributed by atoms with Crippen LogP contribution >= 0.6 is 0 Å². The molecule has 1 aromatic carbocycles. The molecular formula is C15H16F2N2O2. The summed E-state index contributed by atoms with van der Waals surface area (Å²) < 4.78 is 32.7. The Hall–Kier alpha value is -2.21. The summed E-state index contributed by atoms with van der Waals surface area (Å²) in [4.78, 5) is 3.82. The number of aliphatic hydroxyl groups excluding tert-OH is 1. The summed E-state index contributed by atoms with van der Waals surface area (Å²) in [6.07, 6.45) is 0.780. The first-order chi connectivity index (χ1) is 10.2. The minimum absolute atomic E-state index is 0.0604. The molecule has 0 aliphatic heterocycles. The van der Waals surface area contributed by atoms with Crippen LogP contribution < -0.4 is 10.1 Å². The first kappa shape index (κ1) is 15.2. The molecule has 0 aliphatic carbocycles. The van der Waals surface area contributed by atoms with Crippen LogP contribution in [-0.4, -0.2) is 16.6 Å². The zero-order valence-corrected chi connectivity index (χ0v) is 11.6. The van der Waals surface area contributed by atoms with Gasteiger partial charge in [-0.3, -0.25) is 0 Å². The Morgan fingerprint density at radius 1 is 1.24 bits per heavy atom. The van der Waals surface area contributed by atoms with Gasteiger partial charge in [-0.15, -0.1) is 0 Å². The number of ether oxygens (including phenoxy) is 1. The number of anilines is 1. The number of rotatable bonds is 6. The van der Waals surface area contributed by atoms with Gasteiger partial charge in [0, 0.05) is 18.2 Å². The molecule has 6 heteroatoms. The molecule has 0 radical (unpaired) electrons. The summed E-state index contributed by atoms with van der Waals surface area (Å²) in [5.41, 5.74) is 0.492. The fourth-order valence-corrected chi connectivity index (χ4v) is 1.73. The molecule has 2 N–H and O–H groups in total. The third-order valence-corrected chi connectivity index (χ3v) is 2.79. The van der Waals surface area contributed by atoms with Gasteiger partial charge in [0.05, 0.1) is 6.61 Å². The van der Waals surface area contributed by atoms with Gasteiger partial charge < -0.3 is 15.2 Å². The van der Waals surface area contributed by atoms with Crippen molar-refractivity contribution in [2.24, 2.45) is 0 Å². The Kier molecular flexibility index (Phi) is 5.05. The third kappa shape index (κ3) is 3.66. The minimum atomic E-state index is -0.901. The average molecular weight is 294 g/mol. The van der Waals surface area contributed by atoms with Crippen LogP contribution in [0, 0.1) is 11.6 Å². The summed E-state index contributed by atoms with van der Waals surface area (Å²) in [7, 11) is 0. The van der Waals surface area contributed by atoms with Crippen molar-refractivity contribution >= 4 is 5.82 Å². The number of halogens is 2. The lowest BCUT2D eigenvalue weighted by Crippen LogP contribution is -2.06. The number of hydrogen-bond acceptors (Lipinski definition) is 4. The van der Waals surface area contributed by atoms with Crippen LogP contribution in [0.1, 0.15) is 18.9 Å². The van der Waals surface area contributed by atoms with Gasteiger partial charge in [0.25, 0.3) is 5.88 Å². The maximum atomic E-state index is 13.8. The summed E-state index contributed by atoms with van der Waals surface area (Å²) in [6, 6.07) is 7.36. The fraction of sp³-hybridized carbons (Fsp3) is 0.267. The van der Waals surface area contributed by atoms with E-state index < -0.39 is 11.6 Å². The van der Waals surface area contributed by atoms with Crippen LogP contribution in [-0.2, 0) is 6.61 Å². The third-order valence-electron chi connectivity index (χ3n) is 2.79. The van der Waals surface area contributed by atoms with Gasteiger partial charge in [-0.2, -0.15) is 4.98 Å². The maximum Gasteiger partial charge on any atom is 0.258 e. The highest BCUT2D eigenvalue weighted by atomic mass is 19.1. The molecule has 4 nitrogen and oxygen atoms in total. The van der Waals surface area contributed by atoms with E-state index in [-0.39, 0.29) is 24.1 Å². The quantitative estimate of drug-likeness (QED) is 0.856. The Bertz CT molecular complexity index is 621. The van der Waals surface area contributed by atoms with Crippen molar-refractivity contribution < 1.29 is 18.6 Å². The molecule has 2 rings (SSSR count). The van der Waals surface area contributed by atoms with Crippen molar-refractivity contribution in [3.63, 3.8) is 0 Å². The van der Waals surface area contributed by atoms with E-state index in [0.717, 1.165) is 12.5 Å². The second-order valence-electron chi connectivity index (χ2n) is 4.40. The number of benzene rings is 1. The van der Waals surface area contributed by atoms with Crippen LogP contribution in [0.15, 0.2) is 30.3 Å². The molecule has 112 valence electrons. The predicted molar refractivity (Wildman–Crippen MR) is 75.4 cm³/mol. The zero-order valence-electron chi connectivity index (χ0n) is 11.6. The number of nitrogens with one attached hydrogen (secondary N) is 1. The molecule has 0 spiro atoms. The van der Waals surface area contributed by atoms with Crippen molar-refractivity contribution in [1.82, 2.24) is 4.98 Å². The summed E-state index contributed by atoms with van der Waals surface area (Å²) in [5, 5.41) is 12.0. The zero-order chi connectivity index (χ0) is 15.2. The van der Waals surface area contributed by atoms with Crippen LogP contribution in [0.2, 0.25) is 0 Å². The molecule has 0 bridgehead atoms. The molecule has 21 heavy (non-hydrogen) atoms. The fourth-order valence-electron chi connectivity index (χ4n) is 1.73. The topological polar surface area (TPSA) is 54.4 Å². The van der Waals surface area contributed by atoms with E-state index in [2.05, 4.69) is 10.3 Å². The second-order valence-corrected chi connectivity index (χ2v) is 4.40. The van der Waals surface area contributed by atoms with E-state index in [9.17, 15) is 13.9 Å². The van der Waals surface area contributed by atoms with Crippen molar-refractivity contribution in [3.05, 3.63) is 47.5 Å². The second kappa shape index (κ2) is 6.99. The first-order valence-electron chi connectivity index (χ1n) is 6.62. The molecule has 1 aromatic heterocycles. The summed E-state index contributed by atoms with van der Waals surface area (Å²) in [6.45, 7) is 2.19. The van der Waals surface area contributed by atoms with E-state index in [0.29, 0.717) is 12.1 Å². The van der Waals surface area contributed by atoms with Crippen molar-refractivity contribution in [3.8, 4) is 11.6 Å². The van der Waals surface area contributed by atoms with E-state index in [4.69, 9.17) is 4.74 Å². The van der Waals surface area contributed by atoms with Gasteiger partial charge in [-0.25, -0.2) is 8.78 Å². The number of aromatic nitrogens is 1. The number of nitrogens with zero attached hydrogens (tertiary/aromatic N) is 1. The largest absolute Gasteiger partial charge is 0.436 e. The number of hydrogen-bond donors (Lipinski definition) is 2. The van der Waals surface area contributed by atoms with Crippen molar-refractivity contribution in [2.45, 2.75) is 20.0 Å². The number of pyridine rings is 1. The molecule has 0 saturated heterocycles. The molecule has 0 unspecified atom stereocenters. The smallest absolute Gasteiger partial charge is 0.258 e. The Morgan fingerprint density at radius 2 is 2.00 bits per heavy atom. The first-order valence-corrected chi connectivity index (χ1v) is 6.62. The molecule has 2 aromatic rings. The molecule has 0 amide bonds. The SMILES string of the molecule is CCCNc1nc(Oc2ccccc2CO)c(F)cc1F. The average Bonchev–Trinajstić information content (AvgIpc) is 2.49. The van der Waals surface area contributed by atoms with Crippen molar-refractivity contribution in [2.75, 3.05) is 11.9 Å². The molecule has 1 heterocycles. The molecule has 0 aliphatic rings. The van der Waals surface area contributed by atoms with E-state index in [1.807, 2.05) is 6.92 Å². The van der Waals surface area contributed by atoms with Crippen LogP contribution in [0.5, 0.6) is 11.6 Å². The van der Waals surface area contributed by atoms with Gasteiger partial charge in [-0.05, 0) is 12.5 Å². The highest BCUT2D eigenvalue weighted by Gasteiger charge is 2.14. The molecule has 0 saturated carbocycles. The van der Waals surface area contributed by atoms with E-state index in [1.54, 1.807) is 24.3 Å². The number of aliphatic hydroxyl groups is 1. The molecular weight excluding hydrogens is 278 g/mol. The lowest BCUT2D eigenvalue weighted by Gasteiger charge is -2.12. The highest BCUT2D eigenvalue weighted by Crippen LogP contribution is 2.28. The van der Waals surface area contributed by atoms with Crippen molar-refractivity contribution in [1.29, 1.82) is 0 Å². The number of para-hydroxylation sites is 1. The van der Waals surface area contributed by atoms with E-state index in [1.165, 1.54) is 0 Å². The maximum absolute atomic E-state index is 13.8. The lowest BCUT2D eigenvalue weighted by atomic mass is 10.2. The lowest BCUT2D eigenvalue weighted by molar-refractivity contribution is 0.275. The van der Waals surface area contributed by atoms with Crippen LogP contribution in [0.25, 0.3) is 0 Å². The minimum Gasteiger partial charge on any atom is -0.436 e. The monoisotopic (exact) mass is 294 g/mol. The predicted octanol–water partition coefficient (Wildman–Crippen LogP) is 3.47. The normalized spacial score (nSPS) is 10.5. The summed E-state index contributed by atoms with van der Waals surface area (Å²) in [5.74, 6) is -1.80. The van der Waals surface area contributed by atoms with Crippen LogP contribution in [0.4, 0.5) is 14.6 Å². The standard InChI is InChI=1S/C15H16F2N2O2/c1-2-7-18-14-11(16)8-12(17)15(19-14)21-13-6-4-3-5-10(13)9-20/h3-6,8,20H,2,7,9H2,1H3,(H,18,19). The van der Waals surface area contributed by atoms with Gasteiger partial charge in [0.2, 0.25) is 0 Å². The van der Waals surface area contributed by atoms with Gasteiger partial charge in [0.15, 0.2) is 17.5 Å². The van der Waals surface area contributed by atoms with Gasteiger partial charge in [0.1, 0.15) is 5.75 Å². The van der Waals surface area contributed by atoms with E-state index >= 15 is 0 Å². The van der Waals surface area contributed by atoms with Gasteiger partial charge >= 0.3 is 0 Å². The molecule has 0 fully saturated rings. The Balaban J connectivity index is 2.30. The Labute approximate surface area is 121 Å². The van der Waals surface area contributed by atoms with Gasteiger partial charge in [-0.1, -0.05) is 25.1 Å². The summed E-state index contributed by atoms with van der Waals surface area (Å²) >= 11 is 0. The highest BCUT2D eigenvalue weighted by molar-refractivity contribution is 5.42. The van der Waals surface area contributed by atoms with Crippen LogP contribution in [0.3, 0.4) is 0 Å². The Morgan fingerprint density at radius 3 is 2.71 bits per heavy atom. The molecule has 0 atom stereocenters.